The molecule has 1 aliphatic heterocycles. The normalized spacial score (nSPS) is 22.5. The summed E-state index contributed by atoms with van der Waals surface area (Å²) in [5.74, 6) is 1.63. The van der Waals surface area contributed by atoms with Crippen molar-refractivity contribution in [3.63, 3.8) is 0 Å². The molecule has 1 aliphatic carbocycles. The Bertz CT molecular complexity index is 204. The van der Waals surface area contributed by atoms with Crippen LogP contribution in [0.4, 0.5) is 0 Å². The van der Waals surface area contributed by atoms with Crippen LogP contribution < -0.4 is 0 Å². The summed E-state index contributed by atoms with van der Waals surface area (Å²) in [4.78, 5) is 2.28. The van der Waals surface area contributed by atoms with Crippen LogP contribution in [0.3, 0.4) is 0 Å². The lowest BCUT2D eigenvalue weighted by Gasteiger charge is -2.33. The molecule has 1 heterocycles. The predicted octanol–water partition coefficient (Wildman–Crippen LogP) is 2.49. The van der Waals surface area contributed by atoms with Crippen LogP contribution in [0, 0.1) is 5.82 Å². The third kappa shape index (κ3) is 2.58. The zero-order valence-corrected chi connectivity index (χ0v) is 8.08. The molecular weight excluding hydrogens is 157 g/mol. The third-order valence-corrected chi connectivity index (χ3v) is 2.69. The maximum Gasteiger partial charge on any atom is 0.0885 e. The van der Waals surface area contributed by atoms with E-state index in [0.29, 0.717) is 0 Å². The summed E-state index contributed by atoms with van der Waals surface area (Å²) >= 11 is 0. The quantitative estimate of drug-likeness (QED) is 0.458. The van der Waals surface area contributed by atoms with Crippen molar-refractivity contribution in [2.75, 3.05) is 6.54 Å². The molecule has 13 heavy (non-hydrogen) atoms. The van der Waals surface area contributed by atoms with Gasteiger partial charge in [-0.15, -0.1) is 5.82 Å². The number of rotatable bonds is 2. The van der Waals surface area contributed by atoms with Gasteiger partial charge >= 0.3 is 0 Å². The molecule has 0 aromatic carbocycles. The molecule has 0 unspecified atom stereocenters. The number of hydrogen-bond donors (Lipinski definition) is 0. The van der Waals surface area contributed by atoms with E-state index in [1.807, 2.05) is 0 Å². The first-order valence-electron chi connectivity index (χ1n) is 5.24. The molecule has 1 nitrogen and oxygen atoms in total. The highest BCUT2D eigenvalue weighted by Crippen LogP contribution is 2.25. The summed E-state index contributed by atoms with van der Waals surface area (Å²) in [5, 5.41) is 0. The molecule has 0 amide bonds. The predicted molar refractivity (Wildman–Crippen MR) is 57.1 cm³/mol. The van der Waals surface area contributed by atoms with Gasteiger partial charge in [-0.1, -0.05) is 18.2 Å². The molecule has 2 radical (unpaired) electrons. The van der Waals surface area contributed by atoms with Crippen LogP contribution in [0.1, 0.15) is 32.1 Å². The molecule has 0 N–H and O–H groups in total. The van der Waals surface area contributed by atoms with Crippen LogP contribution in [0.15, 0.2) is 24.4 Å². The molecule has 0 saturated heterocycles. The van der Waals surface area contributed by atoms with Gasteiger partial charge in [0.25, 0.3) is 0 Å². The van der Waals surface area contributed by atoms with E-state index >= 15 is 0 Å². The van der Waals surface area contributed by atoms with Gasteiger partial charge in [0.2, 0.25) is 0 Å². The van der Waals surface area contributed by atoms with Gasteiger partial charge in [-0.25, -0.2) is 0 Å². The van der Waals surface area contributed by atoms with Gasteiger partial charge in [0, 0.05) is 12.8 Å². The average molecular weight is 173 g/mol. The Kier molecular flexibility index (Phi) is 3.01. The second-order valence-corrected chi connectivity index (χ2v) is 3.81. The number of hydrogen-bond acceptors (Lipinski definition) is 1. The standard InChI is InChI=1S/C11H16BN/c1-3-7-11(8-4-1)12-13-9-5-2-6-10-13/h2,5-6,9H,1,3-4,7-8,10H2. The van der Waals surface area contributed by atoms with E-state index in [1.54, 1.807) is 5.82 Å². The molecule has 0 atom stereocenters. The van der Waals surface area contributed by atoms with E-state index < -0.39 is 0 Å². The average Bonchev–Trinajstić information content (AvgIpc) is 2.21. The molecule has 1 saturated carbocycles. The van der Waals surface area contributed by atoms with E-state index in [1.165, 1.54) is 32.1 Å². The fourth-order valence-corrected chi connectivity index (χ4v) is 1.95. The van der Waals surface area contributed by atoms with Gasteiger partial charge in [0.15, 0.2) is 0 Å². The van der Waals surface area contributed by atoms with Gasteiger partial charge in [0.05, 0.1) is 7.41 Å². The molecule has 1 fully saturated rings. The maximum absolute atomic E-state index is 2.33. The van der Waals surface area contributed by atoms with E-state index in [-0.39, 0.29) is 0 Å². The second-order valence-electron chi connectivity index (χ2n) is 3.81. The van der Waals surface area contributed by atoms with E-state index in [4.69, 9.17) is 0 Å². The summed E-state index contributed by atoms with van der Waals surface area (Å²) in [5.41, 5.74) is 0. The second kappa shape index (κ2) is 4.45. The summed E-state index contributed by atoms with van der Waals surface area (Å²) in [6, 6.07) is 0. The smallest absolute Gasteiger partial charge is 0.0885 e. The van der Waals surface area contributed by atoms with Crippen molar-refractivity contribution >= 4 is 7.41 Å². The van der Waals surface area contributed by atoms with E-state index in [9.17, 15) is 0 Å². The highest BCUT2D eigenvalue weighted by atomic mass is 15.0. The first kappa shape index (κ1) is 8.80. The van der Waals surface area contributed by atoms with Crippen LogP contribution in [-0.4, -0.2) is 18.8 Å². The minimum absolute atomic E-state index is 1.04. The van der Waals surface area contributed by atoms with E-state index in [0.717, 1.165) is 6.54 Å². The highest BCUT2D eigenvalue weighted by Gasteiger charge is 2.14. The summed E-state index contributed by atoms with van der Waals surface area (Å²) < 4.78 is 0. The fraction of sp³-hybridized carbons (Fsp3) is 0.545. The lowest BCUT2D eigenvalue weighted by molar-refractivity contribution is 0.553. The van der Waals surface area contributed by atoms with Crippen molar-refractivity contribution in [3.05, 3.63) is 30.2 Å². The molecule has 68 valence electrons. The van der Waals surface area contributed by atoms with E-state index in [2.05, 4.69) is 36.7 Å². The monoisotopic (exact) mass is 173 g/mol. The van der Waals surface area contributed by atoms with Gasteiger partial charge in [-0.2, -0.15) is 0 Å². The molecule has 0 bridgehead atoms. The molecule has 0 spiro atoms. The minimum Gasteiger partial charge on any atom is -0.555 e. The van der Waals surface area contributed by atoms with Crippen LogP contribution in [0.25, 0.3) is 0 Å². The molecule has 2 heteroatoms. The zero-order valence-electron chi connectivity index (χ0n) is 8.08. The van der Waals surface area contributed by atoms with Crippen LogP contribution >= 0.6 is 0 Å². The number of nitrogens with zero attached hydrogens (tertiary/aromatic N) is 1. The summed E-state index contributed by atoms with van der Waals surface area (Å²) in [7, 11) is 2.33. The van der Waals surface area contributed by atoms with Crippen LogP contribution in [0.2, 0.25) is 0 Å². The summed E-state index contributed by atoms with van der Waals surface area (Å²) in [6.07, 6.45) is 15.4. The van der Waals surface area contributed by atoms with Crippen molar-refractivity contribution in [3.8, 4) is 0 Å². The van der Waals surface area contributed by atoms with Gasteiger partial charge in [-0.3, -0.25) is 0 Å². The highest BCUT2D eigenvalue weighted by molar-refractivity contribution is 6.40. The Labute approximate surface area is 81.8 Å². The SMILES string of the molecule is [B-]([C+]1CCCCC1)N1C=CC=CC1. The first-order valence-corrected chi connectivity index (χ1v) is 5.24. The van der Waals surface area contributed by atoms with Crippen LogP contribution in [0.5, 0.6) is 0 Å². The van der Waals surface area contributed by atoms with Crippen molar-refractivity contribution in [1.29, 1.82) is 0 Å². The topological polar surface area (TPSA) is 3.24 Å². The molecule has 2 rings (SSSR count). The lowest BCUT2D eigenvalue weighted by Crippen LogP contribution is -2.29. The third-order valence-electron chi connectivity index (χ3n) is 2.69. The lowest BCUT2D eigenvalue weighted by atomic mass is 9.66. The molecule has 0 aromatic rings. The molecule has 2 aliphatic rings. The Morgan fingerprint density at radius 2 is 1.92 bits per heavy atom. The van der Waals surface area contributed by atoms with Crippen molar-refractivity contribution in [1.82, 2.24) is 4.81 Å². The number of allylic oxidation sites excluding steroid dienone is 2. The first-order chi connectivity index (χ1) is 6.45. The Morgan fingerprint density at radius 1 is 1.08 bits per heavy atom. The van der Waals surface area contributed by atoms with Gasteiger partial charge in [0.1, 0.15) is 0 Å². The zero-order chi connectivity index (χ0) is 8.93. The Morgan fingerprint density at radius 3 is 2.62 bits per heavy atom. The molecule has 0 aromatic heterocycles. The maximum atomic E-state index is 2.33. The van der Waals surface area contributed by atoms with Gasteiger partial charge < -0.3 is 4.81 Å². The molecular formula is C11H16BN. The van der Waals surface area contributed by atoms with Crippen molar-refractivity contribution in [2.24, 2.45) is 0 Å². The van der Waals surface area contributed by atoms with Crippen molar-refractivity contribution < 1.29 is 0 Å². The largest absolute Gasteiger partial charge is 0.555 e. The van der Waals surface area contributed by atoms with Gasteiger partial charge in [-0.05, 0) is 32.0 Å². The fourth-order valence-electron chi connectivity index (χ4n) is 1.95. The minimum atomic E-state index is 1.04. The van der Waals surface area contributed by atoms with Crippen molar-refractivity contribution in [2.45, 2.75) is 32.1 Å². The summed E-state index contributed by atoms with van der Waals surface area (Å²) in [6.45, 7) is 1.04. The van der Waals surface area contributed by atoms with Crippen LogP contribution in [-0.2, 0) is 0 Å². The Hall–Kier alpha value is -0.785. The Balaban J connectivity index is 1.76.